The molecule has 2 aliphatic rings. The van der Waals surface area contributed by atoms with Gasteiger partial charge in [-0.05, 0) is 70.6 Å². The number of nitrogens with one attached hydrogen (secondary N) is 3. The monoisotopic (exact) mass is 455 g/mol. The maximum absolute atomic E-state index is 4.67. The van der Waals surface area contributed by atoms with E-state index in [1.807, 2.05) is 23.1 Å². The molecule has 2 fully saturated rings. The molecule has 1 saturated heterocycles. The van der Waals surface area contributed by atoms with E-state index in [0.29, 0.717) is 12.5 Å². The van der Waals surface area contributed by atoms with Crippen LogP contribution >= 0.6 is 0 Å². The summed E-state index contributed by atoms with van der Waals surface area (Å²) in [4.78, 5) is 11.4. The molecule has 3 N–H and O–H groups in total. The second kappa shape index (κ2) is 13.4. The van der Waals surface area contributed by atoms with E-state index >= 15 is 0 Å². The minimum Gasteiger partial charge on any atom is -0.356 e. The van der Waals surface area contributed by atoms with E-state index in [1.165, 1.54) is 57.8 Å². The van der Waals surface area contributed by atoms with Crippen LogP contribution in [0.25, 0.3) is 0 Å². The van der Waals surface area contributed by atoms with Crippen molar-refractivity contribution in [2.45, 2.75) is 83.3 Å². The molecule has 3 heterocycles. The molecule has 0 aromatic carbocycles. The number of rotatable bonds is 13. The SMILES string of the molecule is c1cc(N2CCCCC2)nc(NCc2cn(CCCNCCCNC3CCCCC3)nn2)n1. The minimum atomic E-state index is 0.579. The number of aryl methyl sites for hydroxylation is 1. The molecule has 1 aliphatic heterocycles. The lowest BCUT2D eigenvalue weighted by molar-refractivity contribution is 0.371. The lowest BCUT2D eigenvalue weighted by Gasteiger charge is -2.27. The maximum atomic E-state index is 4.67. The predicted molar refractivity (Wildman–Crippen MR) is 132 cm³/mol. The van der Waals surface area contributed by atoms with Crippen LogP contribution in [0.3, 0.4) is 0 Å². The first-order valence-corrected chi connectivity index (χ1v) is 13.0. The first kappa shape index (κ1) is 23.9. The Balaban J connectivity index is 1.07. The van der Waals surface area contributed by atoms with Gasteiger partial charge in [0.25, 0.3) is 0 Å². The van der Waals surface area contributed by atoms with E-state index in [1.54, 1.807) is 0 Å². The van der Waals surface area contributed by atoms with Gasteiger partial charge in [0.15, 0.2) is 0 Å². The van der Waals surface area contributed by atoms with Gasteiger partial charge in [-0.3, -0.25) is 4.68 Å². The highest BCUT2D eigenvalue weighted by molar-refractivity contribution is 5.42. The number of nitrogens with zero attached hydrogens (tertiary/aromatic N) is 6. The van der Waals surface area contributed by atoms with Crippen LogP contribution in [-0.4, -0.2) is 63.7 Å². The number of hydrogen-bond acceptors (Lipinski definition) is 8. The summed E-state index contributed by atoms with van der Waals surface area (Å²) in [6, 6.07) is 2.76. The van der Waals surface area contributed by atoms with E-state index in [9.17, 15) is 0 Å². The Bertz CT molecular complexity index is 797. The first-order valence-electron chi connectivity index (χ1n) is 13.0. The smallest absolute Gasteiger partial charge is 0.224 e. The Morgan fingerprint density at radius 3 is 2.64 bits per heavy atom. The van der Waals surface area contributed by atoms with Gasteiger partial charge in [0, 0.05) is 31.9 Å². The summed E-state index contributed by atoms with van der Waals surface area (Å²) in [5.74, 6) is 1.66. The molecule has 182 valence electrons. The molecule has 33 heavy (non-hydrogen) atoms. The fraction of sp³-hybridized carbons (Fsp3) is 0.750. The zero-order valence-electron chi connectivity index (χ0n) is 20.0. The lowest BCUT2D eigenvalue weighted by Crippen LogP contribution is -2.33. The van der Waals surface area contributed by atoms with Crippen LogP contribution in [0.15, 0.2) is 18.5 Å². The number of piperidine rings is 1. The Labute approximate surface area is 198 Å². The number of aromatic nitrogens is 5. The molecular weight excluding hydrogens is 414 g/mol. The Morgan fingerprint density at radius 2 is 1.76 bits per heavy atom. The van der Waals surface area contributed by atoms with Crippen molar-refractivity contribution in [2.24, 2.45) is 0 Å². The highest BCUT2D eigenvalue weighted by Crippen LogP contribution is 2.18. The van der Waals surface area contributed by atoms with Crippen molar-refractivity contribution in [3.63, 3.8) is 0 Å². The molecule has 0 atom stereocenters. The minimum absolute atomic E-state index is 0.579. The van der Waals surface area contributed by atoms with Crippen molar-refractivity contribution in [3.8, 4) is 0 Å². The van der Waals surface area contributed by atoms with Gasteiger partial charge < -0.3 is 20.9 Å². The molecule has 9 heteroatoms. The second-order valence-electron chi connectivity index (χ2n) is 9.36. The van der Waals surface area contributed by atoms with Crippen molar-refractivity contribution in [1.29, 1.82) is 0 Å². The Hall–Kier alpha value is -2.26. The van der Waals surface area contributed by atoms with Crippen LogP contribution in [0, 0.1) is 0 Å². The van der Waals surface area contributed by atoms with E-state index in [0.717, 1.165) is 63.2 Å². The molecular formula is C24H41N9. The molecule has 0 radical (unpaired) electrons. The zero-order valence-corrected chi connectivity index (χ0v) is 20.0. The summed E-state index contributed by atoms with van der Waals surface area (Å²) in [5, 5.41) is 19.1. The molecule has 2 aromatic rings. The normalized spacial score (nSPS) is 17.4. The van der Waals surface area contributed by atoms with E-state index in [-0.39, 0.29) is 0 Å². The van der Waals surface area contributed by atoms with E-state index < -0.39 is 0 Å². The van der Waals surface area contributed by atoms with Gasteiger partial charge in [0.1, 0.15) is 11.5 Å². The summed E-state index contributed by atoms with van der Waals surface area (Å²) in [7, 11) is 0. The summed E-state index contributed by atoms with van der Waals surface area (Å²) >= 11 is 0. The van der Waals surface area contributed by atoms with E-state index in [4.69, 9.17) is 0 Å². The van der Waals surface area contributed by atoms with Gasteiger partial charge in [-0.15, -0.1) is 5.10 Å². The van der Waals surface area contributed by atoms with Crippen molar-refractivity contribution in [2.75, 3.05) is 42.9 Å². The quantitative estimate of drug-likeness (QED) is 0.397. The van der Waals surface area contributed by atoms with Crippen molar-refractivity contribution < 1.29 is 0 Å². The standard InChI is InChI=1S/C24H41N9/c1-3-9-21(10-4-1)26-14-7-12-25-13-8-18-33-20-22(30-31-33)19-28-24-27-15-11-23(29-24)32-16-5-2-6-17-32/h11,15,20-21,25-26H,1-10,12-14,16-19H2,(H,27,28,29). The van der Waals surface area contributed by atoms with Crippen LogP contribution in [0.2, 0.25) is 0 Å². The first-order chi connectivity index (χ1) is 16.4. The van der Waals surface area contributed by atoms with Gasteiger partial charge in [-0.1, -0.05) is 24.5 Å². The average molecular weight is 456 g/mol. The number of hydrogen-bond donors (Lipinski definition) is 3. The number of anilines is 2. The van der Waals surface area contributed by atoms with Crippen molar-refractivity contribution in [1.82, 2.24) is 35.6 Å². The summed E-state index contributed by atoms with van der Waals surface area (Å²) in [6.07, 6.45) is 16.8. The Morgan fingerprint density at radius 1 is 0.939 bits per heavy atom. The summed E-state index contributed by atoms with van der Waals surface area (Å²) < 4.78 is 1.92. The molecule has 0 amide bonds. The molecule has 9 nitrogen and oxygen atoms in total. The van der Waals surface area contributed by atoms with Crippen LogP contribution < -0.4 is 20.9 Å². The van der Waals surface area contributed by atoms with E-state index in [2.05, 4.69) is 41.1 Å². The second-order valence-corrected chi connectivity index (χ2v) is 9.36. The third kappa shape index (κ3) is 8.23. The molecule has 0 spiro atoms. The molecule has 0 bridgehead atoms. The summed E-state index contributed by atoms with van der Waals surface area (Å²) in [6.45, 7) is 6.82. The predicted octanol–water partition coefficient (Wildman–Crippen LogP) is 2.96. The lowest BCUT2D eigenvalue weighted by atomic mass is 9.95. The topological polar surface area (TPSA) is 95.8 Å². The van der Waals surface area contributed by atoms with Gasteiger partial charge in [-0.25, -0.2) is 4.98 Å². The van der Waals surface area contributed by atoms with Crippen molar-refractivity contribution >= 4 is 11.8 Å². The van der Waals surface area contributed by atoms with Gasteiger partial charge in [0.05, 0.1) is 12.7 Å². The fourth-order valence-corrected chi connectivity index (χ4v) is 4.75. The molecule has 0 unspecified atom stereocenters. The van der Waals surface area contributed by atoms with Crippen LogP contribution in [0.5, 0.6) is 0 Å². The third-order valence-corrected chi connectivity index (χ3v) is 6.64. The van der Waals surface area contributed by atoms with Crippen LogP contribution in [-0.2, 0) is 13.1 Å². The van der Waals surface area contributed by atoms with Gasteiger partial charge in [0.2, 0.25) is 5.95 Å². The van der Waals surface area contributed by atoms with Gasteiger partial charge in [-0.2, -0.15) is 4.98 Å². The largest absolute Gasteiger partial charge is 0.356 e. The average Bonchev–Trinajstić information content (AvgIpc) is 3.33. The molecule has 4 rings (SSSR count). The Kier molecular flexibility index (Phi) is 9.73. The summed E-state index contributed by atoms with van der Waals surface area (Å²) in [5.41, 5.74) is 0.906. The van der Waals surface area contributed by atoms with Gasteiger partial charge >= 0.3 is 0 Å². The highest BCUT2D eigenvalue weighted by Gasteiger charge is 2.13. The molecule has 2 aromatic heterocycles. The van der Waals surface area contributed by atoms with Crippen LogP contribution in [0.4, 0.5) is 11.8 Å². The fourth-order valence-electron chi connectivity index (χ4n) is 4.75. The highest BCUT2D eigenvalue weighted by atomic mass is 15.4. The maximum Gasteiger partial charge on any atom is 0.224 e. The molecule has 1 saturated carbocycles. The zero-order chi connectivity index (χ0) is 22.6. The third-order valence-electron chi connectivity index (χ3n) is 6.64. The van der Waals surface area contributed by atoms with Crippen molar-refractivity contribution in [3.05, 3.63) is 24.2 Å². The van der Waals surface area contributed by atoms with Crippen LogP contribution in [0.1, 0.15) is 69.9 Å². The molecule has 1 aliphatic carbocycles.